The fourth-order valence-corrected chi connectivity index (χ4v) is 1.88. The lowest BCUT2D eigenvalue weighted by atomic mass is 10.3. The molecule has 4 heteroatoms. The molecule has 2 rings (SSSR count). The van der Waals surface area contributed by atoms with Crippen LogP contribution in [0.1, 0.15) is 0 Å². The van der Waals surface area contributed by atoms with Crippen molar-refractivity contribution in [3.63, 3.8) is 0 Å². The van der Waals surface area contributed by atoms with Crippen LogP contribution in [-0.2, 0) is 0 Å². The molecular formula is C13H9Cl2NO. The average Bonchev–Trinajstić information content (AvgIpc) is 2.49. The molecule has 1 N–H and O–H groups in total. The van der Waals surface area contributed by atoms with Gasteiger partial charge in [-0.15, -0.1) is 0 Å². The number of anilines is 2. The van der Waals surface area contributed by atoms with E-state index in [0.717, 1.165) is 0 Å². The van der Waals surface area contributed by atoms with Gasteiger partial charge in [0.25, 0.3) is 0 Å². The molecule has 0 aliphatic heterocycles. The summed E-state index contributed by atoms with van der Waals surface area (Å²) in [4.78, 5) is 11.7. The maximum absolute atomic E-state index is 11.7. The fraction of sp³-hybridized carbons (Fsp3) is 0. The zero-order chi connectivity index (χ0) is 12.3. The number of nitrogens with one attached hydrogen (secondary N) is 1. The Hall–Kier alpha value is -1.51. The molecule has 0 amide bonds. The zero-order valence-electron chi connectivity index (χ0n) is 8.78. The summed E-state index contributed by atoms with van der Waals surface area (Å²) in [5, 5.41) is 3.90. The van der Waals surface area contributed by atoms with E-state index in [4.69, 9.17) is 23.2 Å². The van der Waals surface area contributed by atoms with Crippen LogP contribution >= 0.6 is 23.2 Å². The van der Waals surface area contributed by atoms with Crippen molar-refractivity contribution in [3.05, 3.63) is 68.8 Å². The Bertz CT molecular complexity index is 579. The van der Waals surface area contributed by atoms with E-state index >= 15 is 0 Å². The molecule has 2 nitrogen and oxygen atoms in total. The number of rotatable bonds is 2. The predicted octanol–water partition coefficient (Wildman–Crippen LogP) is 4.10. The summed E-state index contributed by atoms with van der Waals surface area (Å²) in [7, 11) is 0. The number of hydrogen-bond acceptors (Lipinski definition) is 2. The molecule has 0 atom stereocenters. The maximum Gasteiger partial charge on any atom is 0.201 e. The molecule has 2 aromatic rings. The highest BCUT2D eigenvalue weighted by Gasteiger charge is 2.06. The normalized spacial score (nSPS) is 10.0. The molecule has 0 unspecified atom stereocenters. The van der Waals surface area contributed by atoms with Gasteiger partial charge in [0.05, 0.1) is 21.4 Å². The Kier molecular flexibility index (Phi) is 3.67. The van der Waals surface area contributed by atoms with Crippen molar-refractivity contribution < 1.29 is 0 Å². The smallest absolute Gasteiger partial charge is 0.201 e. The quantitative estimate of drug-likeness (QED) is 0.886. The van der Waals surface area contributed by atoms with Gasteiger partial charge >= 0.3 is 0 Å². The van der Waals surface area contributed by atoms with Crippen LogP contribution < -0.4 is 10.7 Å². The number of hydrogen-bond donors (Lipinski definition) is 1. The molecule has 0 bridgehead atoms. The van der Waals surface area contributed by atoms with Crippen LogP contribution in [-0.4, -0.2) is 0 Å². The zero-order valence-corrected chi connectivity index (χ0v) is 10.3. The second-order valence-electron chi connectivity index (χ2n) is 3.41. The van der Waals surface area contributed by atoms with Crippen molar-refractivity contribution in [2.75, 3.05) is 5.32 Å². The van der Waals surface area contributed by atoms with E-state index in [9.17, 15) is 4.79 Å². The summed E-state index contributed by atoms with van der Waals surface area (Å²) in [5.41, 5.74) is 0.857. The van der Waals surface area contributed by atoms with E-state index in [0.29, 0.717) is 21.4 Å². The number of benzene rings is 1. The Morgan fingerprint density at radius 3 is 2.18 bits per heavy atom. The van der Waals surface area contributed by atoms with Crippen LogP contribution in [0.15, 0.2) is 53.3 Å². The summed E-state index contributed by atoms with van der Waals surface area (Å²) in [6, 6.07) is 13.6. The highest BCUT2D eigenvalue weighted by Crippen LogP contribution is 2.31. The Labute approximate surface area is 109 Å². The van der Waals surface area contributed by atoms with Crippen LogP contribution in [0.25, 0.3) is 0 Å². The van der Waals surface area contributed by atoms with Crippen LogP contribution in [0.4, 0.5) is 11.4 Å². The molecule has 0 spiro atoms. The summed E-state index contributed by atoms with van der Waals surface area (Å²) in [6.45, 7) is 0. The highest BCUT2D eigenvalue weighted by molar-refractivity contribution is 6.39. The lowest BCUT2D eigenvalue weighted by Gasteiger charge is -2.08. The first kappa shape index (κ1) is 12.0. The van der Waals surface area contributed by atoms with Gasteiger partial charge in [0.2, 0.25) is 5.43 Å². The molecule has 0 aliphatic carbocycles. The maximum atomic E-state index is 11.7. The van der Waals surface area contributed by atoms with Crippen molar-refractivity contribution in [1.82, 2.24) is 0 Å². The van der Waals surface area contributed by atoms with Crippen molar-refractivity contribution >= 4 is 34.6 Å². The molecule has 0 heterocycles. The first-order valence-electron chi connectivity index (χ1n) is 4.99. The van der Waals surface area contributed by atoms with E-state index in [2.05, 4.69) is 5.32 Å². The minimum atomic E-state index is -0.119. The predicted molar refractivity (Wildman–Crippen MR) is 72.5 cm³/mol. The van der Waals surface area contributed by atoms with Crippen molar-refractivity contribution in [3.8, 4) is 0 Å². The monoisotopic (exact) mass is 265 g/mol. The SMILES string of the molecule is O=c1cccccc1Nc1c(Cl)cccc1Cl. The van der Waals surface area contributed by atoms with Gasteiger partial charge in [-0.1, -0.05) is 47.5 Å². The van der Waals surface area contributed by atoms with E-state index in [-0.39, 0.29) is 5.43 Å². The lowest BCUT2D eigenvalue weighted by Crippen LogP contribution is -2.04. The van der Waals surface area contributed by atoms with Gasteiger partial charge in [0.1, 0.15) is 0 Å². The van der Waals surface area contributed by atoms with E-state index in [1.54, 1.807) is 42.5 Å². The van der Waals surface area contributed by atoms with E-state index in [1.165, 1.54) is 6.07 Å². The molecule has 0 fully saturated rings. The van der Waals surface area contributed by atoms with Crippen molar-refractivity contribution in [2.24, 2.45) is 0 Å². The topological polar surface area (TPSA) is 29.1 Å². The van der Waals surface area contributed by atoms with Gasteiger partial charge in [-0.3, -0.25) is 4.79 Å². The third kappa shape index (κ3) is 2.78. The van der Waals surface area contributed by atoms with Crippen LogP contribution in [0, 0.1) is 0 Å². The molecule has 17 heavy (non-hydrogen) atoms. The molecule has 0 aliphatic rings. The minimum absolute atomic E-state index is 0.119. The third-order valence-electron chi connectivity index (χ3n) is 2.22. The number of para-hydroxylation sites is 1. The highest BCUT2D eigenvalue weighted by atomic mass is 35.5. The van der Waals surface area contributed by atoms with Gasteiger partial charge in [0, 0.05) is 0 Å². The van der Waals surface area contributed by atoms with Gasteiger partial charge in [0.15, 0.2) is 0 Å². The fourth-order valence-electron chi connectivity index (χ4n) is 1.39. The second kappa shape index (κ2) is 5.21. The first-order chi connectivity index (χ1) is 8.18. The lowest BCUT2D eigenvalue weighted by molar-refractivity contribution is 1.53. The molecular weight excluding hydrogens is 257 g/mol. The first-order valence-corrected chi connectivity index (χ1v) is 5.74. The molecule has 0 radical (unpaired) electrons. The molecule has 0 aromatic heterocycles. The average molecular weight is 266 g/mol. The largest absolute Gasteiger partial charge is 0.350 e. The second-order valence-corrected chi connectivity index (χ2v) is 4.22. The Morgan fingerprint density at radius 1 is 0.824 bits per heavy atom. The van der Waals surface area contributed by atoms with Crippen LogP contribution in [0.3, 0.4) is 0 Å². The van der Waals surface area contributed by atoms with Crippen molar-refractivity contribution in [2.45, 2.75) is 0 Å². The molecule has 0 saturated carbocycles. The summed E-state index contributed by atoms with van der Waals surface area (Å²) >= 11 is 12.0. The third-order valence-corrected chi connectivity index (χ3v) is 2.85. The van der Waals surface area contributed by atoms with Crippen molar-refractivity contribution in [1.29, 1.82) is 0 Å². The minimum Gasteiger partial charge on any atom is -0.350 e. The Morgan fingerprint density at radius 2 is 1.47 bits per heavy atom. The molecule has 86 valence electrons. The van der Waals surface area contributed by atoms with Gasteiger partial charge < -0.3 is 5.32 Å². The van der Waals surface area contributed by atoms with E-state index in [1.807, 2.05) is 0 Å². The van der Waals surface area contributed by atoms with Gasteiger partial charge in [-0.2, -0.15) is 0 Å². The van der Waals surface area contributed by atoms with E-state index < -0.39 is 0 Å². The molecule has 0 saturated heterocycles. The standard InChI is InChI=1S/C13H9Cl2NO/c14-9-5-4-6-10(15)13(9)16-11-7-2-1-3-8-12(11)17/h1-8H,(H,16,17). The van der Waals surface area contributed by atoms with Gasteiger partial charge in [-0.25, -0.2) is 0 Å². The van der Waals surface area contributed by atoms with Crippen LogP contribution in [0.2, 0.25) is 10.0 Å². The van der Waals surface area contributed by atoms with Gasteiger partial charge in [-0.05, 0) is 24.3 Å². The summed E-state index contributed by atoms with van der Waals surface area (Å²) < 4.78 is 0. The number of halogens is 2. The summed E-state index contributed by atoms with van der Waals surface area (Å²) in [5.74, 6) is 0. The van der Waals surface area contributed by atoms with Crippen LogP contribution in [0.5, 0.6) is 0 Å². The Balaban J connectivity index is 2.46. The molecule has 2 aromatic carbocycles. The summed E-state index contributed by atoms with van der Waals surface area (Å²) in [6.07, 6.45) is 0.